The highest BCUT2D eigenvalue weighted by atomic mass is 16.6. The molecule has 0 aliphatic heterocycles. The molecule has 1 aromatic carbocycles. The van der Waals surface area contributed by atoms with Crippen molar-refractivity contribution < 1.29 is 33.5 Å². The van der Waals surface area contributed by atoms with E-state index in [9.17, 15) is 19.6 Å². The number of benzene rings is 1. The highest BCUT2D eigenvalue weighted by Gasteiger charge is 2.51. The van der Waals surface area contributed by atoms with Gasteiger partial charge in [-0.15, -0.1) is 0 Å². The summed E-state index contributed by atoms with van der Waals surface area (Å²) in [6.07, 6.45) is 5.26. The van der Waals surface area contributed by atoms with E-state index in [0.29, 0.717) is 11.3 Å². The van der Waals surface area contributed by atoms with Crippen LogP contribution in [0.1, 0.15) is 90.9 Å². The molecule has 2 aromatic rings. The average molecular weight is 456 g/mol. The number of rotatable bonds is 3. The summed E-state index contributed by atoms with van der Waals surface area (Å²) in [5.74, 6) is -0.145. The van der Waals surface area contributed by atoms with E-state index in [1.54, 1.807) is 6.07 Å². The Labute approximate surface area is 194 Å². The van der Waals surface area contributed by atoms with Crippen molar-refractivity contribution in [2.75, 3.05) is 0 Å². The molecule has 3 unspecified atom stereocenters. The fraction of sp³-hybridized carbons (Fsp3) is 0.600. The second kappa shape index (κ2) is 8.17. The normalized spacial score (nSPS) is 26.2. The minimum Gasteiger partial charge on any atom is -0.461 e. The molecule has 1 heterocycles. The first-order valence-electron chi connectivity index (χ1n) is 11.7. The van der Waals surface area contributed by atoms with Crippen LogP contribution in [-0.2, 0) is 15.0 Å². The van der Waals surface area contributed by atoms with Crippen LogP contribution in [0.15, 0.2) is 10.5 Å². The van der Waals surface area contributed by atoms with Crippen molar-refractivity contribution in [3.63, 3.8) is 0 Å². The number of fused-ring (bicyclic) bond motifs is 5. The molecule has 178 valence electrons. The molecular weight excluding hydrogens is 423 g/mol. The van der Waals surface area contributed by atoms with E-state index in [-0.39, 0.29) is 39.3 Å². The second-order valence-electron chi connectivity index (χ2n) is 10.7. The Bertz CT molecular complexity index is 1120. The van der Waals surface area contributed by atoms with Gasteiger partial charge in [0.2, 0.25) is 0 Å². The fourth-order valence-corrected chi connectivity index (χ4v) is 6.56. The Morgan fingerprint density at radius 3 is 2.36 bits per heavy atom. The molecule has 2 aliphatic carbocycles. The Kier molecular flexibility index (Phi) is 5.90. The molecule has 2 aliphatic rings. The lowest BCUT2D eigenvalue weighted by Gasteiger charge is -2.50. The molecule has 8 heteroatoms. The molecule has 4 rings (SSSR count). The first kappa shape index (κ1) is 23.8. The number of esters is 2. The van der Waals surface area contributed by atoms with Gasteiger partial charge in [-0.05, 0) is 48.5 Å². The molecule has 1 aromatic heterocycles. The minimum absolute atomic E-state index is 0.0241. The SMILES string of the molecule is CC(=O)Oc1cc2c3c(oc2c(B(O)O)c1OC(C)=O)C(C)CCC1C(C)(C)CCCC31C. The summed E-state index contributed by atoms with van der Waals surface area (Å²) in [5.41, 5.74) is 1.16. The van der Waals surface area contributed by atoms with Gasteiger partial charge in [-0.2, -0.15) is 0 Å². The van der Waals surface area contributed by atoms with E-state index >= 15 is 0 Å². The predicted molar refractivity (Wildman–Crippen MR) is 125 cm³/mol. The molecule has 0 saturated heterocycles. The van der Waals surface area contributed by atoms with Crippen molar-refractivity contribution in [1.82, 2.24) is 0 Å². The van der Waals surface area contributed by atoms with Gasteiger partial charge in [-0.25, -0.2) is 0 Å². The first-order valence-corrected chi connectivity index (χ1v) is 11.7. The molecule has 1 saturated carbocycles. The van der Waals surface area contributed by atoms with Crippen molar-refractivity contribution in [1.29, 1.82) is 0 Å². The molecule has 33 heavy (non-hydrogen) atoms. The van der Waals surface area contributed by atoms with E-state index in [4.69, 9.17) is 13.9 Å². The summed E-state index contributed by atoms with van der Waals surface area (Å²) in [7, 11) is -1.99. The lowest BCUT2D eigenvalue weighted by molar-refractivity contribution is -0.134. The van der Waals surface area contributed by atoms with Gasteiger partial charge < -0.3 is 23.9 Å². The molecule has 7 nitrogen and oxygen atoms in total. The van der Waals surface area contributed by atoms with Gasteiger partial charge in [-0.3, -0.25) is 9.59 Å². The smallest absolute Gasteiger partial charge is 0.461 e. The largest absolute Gasteiger partial charge is 0.496 e. The lowest BCUT2D eigenvalue weighted by Crippen LogP contribution is -2.44. The highest BCUT2D eigenvalue weighted by Crippen LogP contribution is 2.59. The summed E-state index contributed by atoms with van der Waals surface area (Å²) in [5, 5.41) is 21.3. The van der Waals surface area contributed by atoms with Crippen molar-refractivity contribution in [3.05, 3.63) is 17.4 Å². The van der Waals surface area contributed by atoms with Gasteiger partial charge >= 0.3 is 19.1 Å². The van der Waals surface area contributed by atoms with Crippen LogP contribution in [0, 0.1) is 11.3 Å². The molecule has 3 atom stereocenters. The molecule has 0 radical (unpaired) electrons. The first-order chi connectivity index (χ1) is 15.4. The van der Waals surface area contributed by atoms with Gasteiger partial charge in [0.05, 0.1) is 5.46 Å². The van der Waals surface area contributed by atoms with Crippen LogP contribution >= 0.6 is 0 Å². The molecule has 0 bridgehead atoms. The maximum atomic E-state index is 11.9. The Morgan fingerprint density at radius 2 is 1.76 bits per heavy atom. The van der Waals surface area contributed by atoms with Gasteiger partial charge in [0.25, 0.3) is 0 Å². The van der Waals surface area contributed by atoms with Crippen LogP contribution in [0.25, 0.3) is 11.0 Å². The van der Waals surface area contributed by atoms with Crippen molar-refractivity contribution in [2.24, 2.45) is 11.3 Å². The van der Waals surface area contributed by atoms with E-state index in [1.165, 1.54) is 13.8 Å². The number of carbonyl (C=O) groups is 2. The Hall–Kier alpha value is -2.32. The third-order valence-electron chi connectivity index (χ3n) is 7.86. The van der Waals surface area contributed by atoms with Gasteiger partial charge in [-0.1, -0.05) is 34.1 Å². The number of furan rings is 1. The summed E-state index contributed by atoms with van der Waals surface area (Å²) in [4.78, 5) is 23.7. The average Bonchev–Trinajstić information content (AvgIpc) is 3.00. The number of hydrogen-bond acceptors (Lipinski definition) is 7. The number of carbonyl (C=O) groups excluding carboxylic acids is 2. The van der Waals surface area contributed by atoms with Crippen LogP contribution in [-0.4, -0.2) is 29.1 Å². The standard InChI is InChI=1S/C25H33BO7/c1-13-8-9-18-24(4,5)10-7-11-25(18,6)19-16-12-17(31-14(2)27)23(32-15(3)28)20(26(29)30)22(16)33-21(13)19/h12-13,18,29-30H,7-11H2,1-6H3. The fourth-order valence-electron chi connectivity index (χ4n) is 6.56. The molecular formula is C25H33BO7. The minimum atomic E-state index is -1.99. The van der Waals surface area contributed by atoms with Crippen LogP contribution in [0.5, 0.6) is 11.5 Å². The van der Waals surface area contributed by atoms with E-state index < -0.39 is 19.1 Å². The van der Waals surface area contributed by atoms with Gasteiger partial charge in [0.1, 0.15) is 11.3 Å². The second-order valence-corrected chi connectivity index (χ2v) is 10.7. The Balaban J connectivity index is 2.10. The highest BCUT2D eigenvalue weighted by molar-refractivity contribution is 6.63. The van der Waals surface area contributed by atoms with Crippen molar-refractivity contribution in [2.45, 2.75) is 85.0 Å². The molecule has 0 amide bonds. The van der Waals surface area contributed by atoms with Crippen molar-refractivity contribution >= 4 is 35.5 Å². The topological polar surface area (TPSA) is 106 Å². The zero-order chi connectivity index (χ0) is 24.3. The van der Waals surface area contributed by atoms with Gasteiger partial charge in [0, 0.05) is 30.7 Å². The predicted octanol–water partition coefficient (Wildman–Crippen LogP) is 3.94. The monoisotopic (exact) mass is 456 g/mol. The van der Waals surface area contributed by atoms with Crippen LogP contribution in [0.4, 0.5) is 0 Å². The zero-order valence-corrected chi connectivity index (χ0v) is 20.3. The van der Waals surface area contributed by atoms with Gasteiger partial charge in [0.15, 0.2) is 11.5 Å². The third-order valence-corrected chi connectivity index (χ3v) is 7.86. The third kappa shape index (κ3) is 3.87. The lowest BCUT2D eigenvalue weighted by atomic mass is 9.53. The number of hydrogen-bond donors (Lipinski definition) is 2. The summed E-state index contributed by atoms with van der Waals surface area (Å²) >= 11 is 0. The zero-order valence-electron chi connectivity index (χ0n) is 20.3. The van der Waals surface area contributed by atoms with E-state index in [2.05, 4.69) is 27.7 Å². The Morgan fingerprint density at radius 1 is 1.09 bits per heavy atom. The van der Waals surface area contributed by atoms with E-state index in [0.717, 1.165) is 43.4 Å². The summed E-state index contributed by atoms with van der Waals surface area (Å²) in [6, 6.07) is 1.66. The maximum absolute atomic E-state index is 11.9. The summed E-state index contributed by atoms with van der Waals surface area (Å²) < 4.78 is 17.1. The molecule has 0 spiro atoms. The van der Waals surface area contributed by atoms with Crippen LogP contribution in [0.2, 0.25) is 0 Å². The molecule has 1 fully saturated rings. The maximum Gasteiger partial charge on any atom is 0.496 e. The quantitative estimate of drug-likeness (QED) is 0.409. The molecule has 2 N–H and O–H groups in total. The van der Waals surface area contributed by atoms with Crippen LogP contribution in [0.3, 0.4) is 0 Å². The van der Waals surface area contributed by atoms with E-state index in [1.807, 2.05) is 0 Å². The number of ether oxygens (including phenoxy) is 2. The van der Waals surface area contributed by atoms with Crippen molar-refractivity contribution in [3.8, 4) is 11.5 Å². The van der Waals surface area contributed by atoms with Crippen LogP contribution < -0.4 is 14.9 Å². The summed E-state index contributed by atoms with van der Waals surface area (Å²) in [6.45, 7) is 11.5.